The number of carbonyl (C=O) groups is 1. The molecule has 6 rings (SSSR count). The fraction of sp³-hybridized carbons (Fsp3) is 0.433. The number of methoxy groups -OCH3 is 2. The van der Waals surface area contributed by atoms with E-state index in [-0.39, 0.29) is 24.1 Å². The van der Waals surface area contributed by atoms with E-state index in [2.05, 4.69) is 27.9 Å². The van der Waals surface area contributed by atoms with Gasteiger partial charge in [0.1, 0.15) is 17.3 Å². The first-order valence-corrected chi connectivity index (χ1v) is 13.9. The van der Waals surface area contributed by atoms with E-state index in [1.165, 1.54) is 0 Å². The lowest BCUT2D eigenvalue weighted by atomic mass is 9.92. The normalized spacial score (nSPS) is 21.7. The fourth-order valence-electron chi connectivity index (χ4n) is 6.38. The van der Waals surface area contributed by atoms with Crippen LogP contribution in [0.3, 0.4) is 0 Å². The van der Waals surface area contributed by atoms with Gasteiger partial charge >= 0.3 is 0 Å². The predicted molar refractivity (Wildman–Crippen MR) is 150 cm³/mol. The van der Waals surface area contributed by atoms with Gasteiger partial charge in [-0.25, -0.2) is 4.98 Å². The molecular weight excluding hydrogens is 516 g/mol. The van der Waals surface area contributed by atoms with Crippen LogP contribution in [0.25, 0.3) is 22.2 Å². The number of aryl methyl sites for hydroxylation is 2. The van der Waals surface area contributed by atoms with Gasteiger partial charge in [-0.15, -0.1) is 0 Å². The number of amides is 1. The summed E-state index contributed by atoms with van der Waals surface area (Å²) in [5, 5.41) is 4.62. The molecule has 1 saturated heterocycles. The van der Waals surface area contributed by atoms with Crippen molar-refractivity contribution >= 4 is 34.2 Å². The Morgan fingerprint density at radius 2 is 1.82 bits per heavy atom. The highest BCUT2D eigenvalue weighted by Gasteiger charge is 2.38. The minimum absolute atomic E-state index is 0.0688. The molecule has 1 amide bonds. The van der Waals surface area contributed by atoms with E-state index in [9.17, 15) is 4.79 Å². The molecule has 204 valence electrons. The molecular formula is C30H33ClN4O4. The predicted octanol–water partition coefficient (Wildman–Crippen LogP) is 6.97. The highest BCUT2D eigenvalue weighted by atomic mass is 35.5. The maximum absolute atomic E-state index is 13.3. The van der Waals surface area contributed by atoms with Crippen molar-refractivity contribution in [2.75, 3.05) is 19.1 Å². The van der Waals surface area contributed by atoms with E-state index in [4.69, 9.17) is 30.6 Å². The van der Waals surface area contributed by atoms with Gasteiger partial charge in [0.15, 0.2) is 0 Å². The fourth-order valence-corrected chi connectivity index (χ4v) is 6.64. The molecule has 1 saturated carbocycles. The number of fused-ring (bicyclic) bond motifs is 1. The molecule has 4 aromatic rings. The summed E-state index contributed by atoms with van der Waals surface area (Å²) in [5.41, 5.74) is 5.62. The molecule has 0 radical (unpaired) electrons. The van der Waals surface area contributed by atoms with Crippen molar-refractivity contribution in [1.82, 2.24) is 14.7 Å². The van der Waals surface area contributed by atoms with Crippen LogP contribution in [0, 0.1) is 13.8 Å². The Morgan fingerprint density at radius 1 is 1.03 bits per heavy atom. The summed E-state index contributed by atoms with van der Waals surface area (Å²) in [5.74, 6) is 2.35. The van der Waals surface area contributed by atoms with E-state index in [0.29, 0.717) is 23.6 Å². The molecule has 9 heteroatoms. The first kappa shape index (κ1) is 25.9. The zero-order valence-corrected chi connectivity index (χ0v) is 23.5. The van der Waals surface area contributed by atoms with Crippen LogP contribution in [0.5, 0.6) is 5.75 Å². The van der Waals surface area contributed by atoms with Gasteiger partial charge in [0.2, 0.25) is 5.91 Å². The third kappa shape index (κ3) is 4.49. The number of aromatic nitrogens is 3. The number of benzene rings is 2. The summed E-state index contributed by atoms with van der Waals surface area (Å²) in [6, 6.07) is 12.0. The molecule has 3 heterocycles. The topological polar surface area (TPSA) is 82.6 Å². The van der Waals surface area contributed by atoms with Crippen molar-refractivity contribution in [1.29, 1.82) is 0 Å². The average Bonchev–Trinajstić information content (AvgIpc) is 3.62. The maximum atomic E-state index is 13.3. The standard InChI is InChI=1S/C30H33ClN4O4/c1-17-29(18(2)39-33-17)19-5-11-25-24(15-19)32-30(35(25)20-6-9-22(37-3)10-7-20)26-12-14-28(36)34(26)21-8-13-27(38-4)23(31)16-21/h5,8,11,13,15-16,20,22,26H,6-7,9-10,12,14H2,1-4H3/t20-,22-,26-/m0/s1. The van der Waals surface area contributed by atoms with Crippen molar-refractivity contribution in [3.63, 3.8) is 0 Å². The lowest BCUT2D eigenvalue weighted by Gasteiger charge is -2.32. The van der Waals surface area contributed by atoms with Gasteiger partial charge in [-0.2, -0.15) is 0 Å². The molecule has 0 N–H and O–H groups in total. The Morgan fingerprint density at radius 3 is 2.49 bits per heavy atom. The Balaban J connectivity index is 1.48. The largest absolute Gasteiger partial charge is 0.495 e. The third-order valence-electron chi connectivity index (χ3n) is 8.30. The molecule has 39 heavy (non-hydrogen) atoms. The minimum atomic E-state index is -0.197. The number of nitrogens with zero attached hydrogens (tertiary/aromatic N) is 4. The number of hydrogen-bond donors (Lipinski definition) is 0. The summed E-state index contributed by atoms with van der Waals surface area (Å²) < 4.78 is 18.8. The summed E-state index contributed by atoms with van der Waals surface area (Å²) in [6.07, 6.45) is 5.43. The quantitative estimate of drug-likeness (QED) is 0.259. The number of hydrogen-bond acceptors (Lipinski definition) is 6. The molecule has 2 aromatic heterocycles. The Hall–Kier alpha value is -3.36. The van der Waals surface area contributed by atoms with Gasteiger partial charge in [-0.1, -0.05) is 22.8 Å². The van der Waals surface area contributed by atoms with Gasteiger partial charge in [0.05, 0.1) is 41.0 Å². The monoisotopic (exact) mass is 548 g/mol. The molecule has 2 aliphatic rings. The Bertz CT molecular complexity index is 1520. The number of anilines is 1. The first-order chi connectivity index (χ1) is 18.9. The zero-order chi connectivity index (χ0) is 27.3. The van der Waals surface area contributed by atoms with Gasteiger partial charge in [0.25, 0.3) is 0 Å². The smallest absolute Gasteiger partial charge is 0.227 e. The van der Waals surface area contributed by atoms with Crippen LogP contribution >= 0.6 is 11.6 Å². The molecule has 1 aliphatic heterocycles. The Kier molecular flexibility index (Phi) is 6.85. The molecule has 0 unspecified atom stereocenters. The molecule has 2 fully saturated rings. The van der Waals surface area contributed by atoms with Crippen LogP contribution in [-0.2, 0) is 9.53 Å². The van der Waals surface area contributed by atoms with E-state index < -0.39 is 0 Å². The number of rotatable bonds is 6. The summed E-state index contributed by atoms with van der Waals surface area (Å²) >= 11 is 6.48. The Labute approximate surface area is 232 Å². The van der Waals surface area contributed by atoms with E-state index in [1.54, 1.807) is 14.2 Å². The highest BCUT2D eigenvalue weighted by Crippen LogP contribution is 2.43. The second-order valence-corrected chi connectivity index (χ2v) is 11.0. The number of ether oxygens (including phenoxy) is 2. The van der Waals surface area contributed by atoms with Gasteiger partial charge in [-0.05, 0) is 81.8 Å². The van der Waals surface area contributed by atoms with Crippen molar-refractivity contribution in [2.24, 2.45) is 0 Å². The van der Waals surface area contributed by atoms with Gasteiger partial charge in [0, 0.05) is 30.8 Å². The van der Waals surface area contributed by atoms with E-state index in [0.717, 1.165) is 70.8 Å². The number of carbonyl (C=O) groups excluding carboxylic acids is 1. The molecule has 8 nitrogen and oxygen atoms in total. The summed E-state index contributed by atoms with van der Waals surface area (Å²) in [7, 11) is 3.38. The number of imidazole rings is 1. The molecule has 0 bridgehead atoms. The molecule has 2 aromatic carbocycles. The molecule has 1 atom stereocenters. The highest BCUT2D eigenvalue weighted by molar-refractivity contribution is 6.32. The first-order valence-electron chi connectivity index (χ1n) is 13.5. The SMILES string of the molecule is COc1ccc(N2C(=O)CC[C@H]2c2nc3cc(-c4c(C)noc4C)ccc3n2[C@H]2CC[C@H](OC)CC2)cc1Cl. The second-order valence-electron chi connectivity index (χ2n) is 10.5. The second kappa shape index (κ2) is 10.3. The summed E-state index contributed by atoms with van der Waals surface area (Å²) in [4.78, 5) is 20.4. The van der Waals surface area contributed by atoms with Crippen molar-refractivity contribution in [3.8, 4) is 16.9 Å². The van der Waals surface area contributed by atoms with Gasteiger partial charge in [-0.3, -0.25) is 4.79 Å². The third-order valence-corrected chi connectivity index (χ3v) is 8.60. The van der Waals surface area contributed by atoms with Crippen LogP contribution in [-0.4, -0.2) is 40.9 Å². The van der Waals surface area contributed by atoms with Crippen LogP contribution in [0.1, 0.15) is 67.9 Å². The average molecular weight is 549 g/mol. The molecule has 0 spiro atoms. The molecule has 1 aliphatic carbocycles. The van der Waals surface area contributed by atoms with Crippen molar-refractivity contribution in [2.45, 2.75) is 70.6 Å². The minimum Gasteiger partial charge on any atom is -0.495 e. The van der Waals surface area contributed by atoms with Crippen LogP contribution in [0.15, 0.2) is 40.9 Å². The van der Waals surface area contributed by atoms with Crippen LogP contribution < -0.4 is 9.64 Å². The number of halogens is 1. The van der Waals surface area contributed by atoms with Crippen LogP contribution in [0.2, 0.25) is 5.02 Å². The summed E-state index contributed by atoms with van der Waals surface area (Å²) in [6.45, 7) is 3.89. The van der Waals surface area contributed by atoms with Crippen molar-refractivity contribution in [3.05, 3.63) is 58.7 Å². The van der Waals surface area contributed by atoms with Gasteiger partial charge < -0.3 is 23.5 Å². The maximum Gasteiger partial charge on any atom is 0.227 e. The van der Waals surface area contributed by atoms with Crippen LogP contribution in [0.4, 0.5) is 5.69 Å². The van der Waals surface area contributed by atoms with E-state index >= 15 is 0 Å². The lowest BCUT2D eigenvalue weighted by Crippen LogP contribution is -2.31. The lowest BCUT2D eigenvalue weighted by molar-refractivity contribution is -0.117. The van der Waals surface area contributed by atoms with Crippen molar-refractivity contribution < 1.29 is 18.8 Å². The van der Waals surface area contributed by atoms with E-state index in [1.807, 2.05) is 36.9 Å². The zero-order valence-electron chi connectivity index (χ0n) is 22.7.